The summed E-state index contributed by atoms with van der Waals surface area (Å²) in [6.07, 6.45) is 9.27. The lowest BCUT2D eigenvalue weighted by Gasteiger charge is -2.26. The van der Waals surface area contributed by atoms with Crippen molar-refractivity contribution in [1.82, 2.24) is 27.9 Å². The second-order valence-corrected chi connectivity index (χ2v) is 9.57. The van der Waals surface area contributed by atoms with Crippen molar-refractivity contribution in [3.8, 4) is 0 Å². The maximum Gasteiger partial charge on any atom is 0.308 e. The van der Waals surface area contributed by atoms with Crippen LogP contribution in [0.3, 0.4) is 0 Å². The van der Waals surface area contributed by atoms with Crippen molar-refractivity contribution in [2.24, 2.45) is 12.0 Å². The van der Waals surface area contributed by atoms with Crippen molar-refractivity contribution < 1.29 is 12.8 Å². The fourth-order valence-electron chi connectivity index (χ4n) is 2.96. The molecule has 0 saturated carbocycles. The Labute approximate surface area is 194 Å². The fourth-order valence-corrected chi connectivity index (χ4v) is 3.89. The van der Waals surface area contributed by atoms with Crippen LogP contribution in [0.1, 0.15) is 32.2 Å². The number of allylic oxidation sites excluding steroid dienone is 5. The van der Waals surface area contributed by atoms with Crippen LogP contribution in [0.15, 0.2) is 72.4 Å². The average molecular weight is 476 g/mol. The van der Waals surface area contributed by atoms with Crippen LogP contribution >= 0.6 is 0 Å². The molecule has 0 spiro atoms. The molecule has 2 aromatic heterocycles. The molecule has 9 nitrogen and oxygen atoms in total. The van der Waals surface area contributed by atoms with Crippen LogP contribution in [0.25, 0.3) is 5.57 Å². The second-order valence-electron chi connectivity index (χ2n) is 7.55. The minimum absolute atomic E-state index is 0.0753. The highest BCUT2D eigenvalue weighted by atomic mass is 32.2. The standard InChI is InChI=1S/C22H30FN7O2S/c1-9-21(23)18(4)29(15-22-24-10-11-30(22)33(31,32)27(6)7)19(5)26-17(3)12-16(2)20-13-25-28(8)14-20/h9-14H,1,5,15H2,2-4,6-8H3/b16-12+,21-18-,26-17?. The third-order valence-electron chi connectivity index (χ3n) is 4.82. The topological polar surface area (TPSA) is 88.6 Å². The van der Waals surface area contributed by atoms with Crippen molar-refractivity contribution in [3.63, 3.8) is 0 Å². The summed E-state index contributed by atoms with van der Waals surface area (Å²) in [5.74, 6) is -0.190. The maximum atomic E-state index is 14.5. The molecule has 0 N–H and O–H groups in total. The predicted octanol–water partition coefficient (Wildman–Crippen LogP) is 3.50. The van der Waals surface area contributed by atoms with E-state index in [4.69, 9.17) is 0 Å². The Morgan fingerprint density at radius 2 is 1.97 bits per heavy atom. The monoisotopic (exact) mass is 475 g/mol. The van der Waals surface area contributed by atoms with Crippen LogP contribution in [0.2, 0.25) is 0 Å². The third-order valence-corrected chi connectivity index (χ3v) is 6.57. The van der Waals surface area contributed by atoms with Crippen LogP contribution < -0.4 is 0 Å². The first-order chi connectivity index (χ1) is 15.4. The van der Waals surface area contributed by atoms with Crippen molar-refractivity contribution in [2.45, 2.75) is 27.3 Å². The molecule has 0 atom stereocenters. The number of imidazole rings is 1. The second kappa shape index (κ2) is 10.5. The van der Waals surface area contributed by atoms with E-state index in [1.54, 1.807) is 17.8 Å². The zero-order chi connectivity index (χ0) is 24.9. The minimum atomic E-state index is -3.81. The lowest BCUT2D eigenvalue weighted by atomic mass is 10.1. The number of hydrogen-bond acceptors (Lipinski definition) is 6. The molecule has 0 amide bonds. The van der Waals surface area contributed by atoms with E-state index in [1.165, 1.54) is 38.3 Å². The van der Waals surface area contributed by atoms with Gasteiger partial charge in [-0.25, -0.2) is 18.3 Å². The lowest BCUT2D eigenvalue weighted by Crippen LogP contribution is -2.31. The van der Waals surface area contributed by atoms with Gasteiger partial charge in [-0.15, -0.1) is 0 Å². The number of rotatable bonds is 10. The van der Waals surface area contributed by atoms with Crippen LogP contribution in [0.4, 0.5) is 4.39 Å². The van der Waals surface area contributed by atoms with Crippen molar-refractivity contribution >= 4 is 21.5 Å². The van der Waals surface area contributed by atoms with Crippen molar-refractivity contribution in [1.29, 1.82) is 0 Å². The van der Waals surface area contributed by atoms with E-state index in [-0.39, 0.29) is 23.9 Å². The molecular formula is C22H30FN7O2S. The van der Waals surface area contributed by atoms with Gasteiger partial charge < -0.3 is 4.90 Å². The molecule has 0 aliphatic heterocycles. The van der Waals surface area contributed by atoms with E-state index in [0.29, 0.717) is 5.71 Å². The Morgan fingerprint density at radius 3 is 2.52 bits per heavy atom. The molecule has 0 aromatic carbocycles. The van der Waals surface area contributed by atoms with Gasteiger partial charge in [0, 0.05) is 51.0 Å². The van der Waals surface area contributed by atoms with Crippen LogP contribution in [-0.4, -0.2) is 56.2 Å². The number of nitrogens with zero attached hydrogens (tertiary/aromatic N) is 7. The summed E-state index contributed by atoms with van der Waals surface area (Å²) < 4.78 is 43.5. The van der Waals surface area contributed by atoms with E-state index < -0.39 is 16.0 Å². The summed E-state index contributed by atoms with van der Waals surface area (Å²) in [6.45, 7) is 12.6. The molecule has 0 unspecified atom stereocenters. The number of aliphatic imine (C=N–C) groups is 1. The van der Waals surface area contributed by atoms with Gasteiger partial charge in [0.25, 0.3) is 0 Å². The number of aryl methyl sites for hydroxylation is 1. The molecule has 2 rings (SSSR count). The first-order valence-electron chi connectivity index (χ1n) is 10.0. The molecule has 0 aliphatic rings. The van der Waals surface area contributed by atoms with Gasteiger partial charge in [-0.05, 0) is 38.5 Å². The summed E-state index contributed by atoms with van der Waals surface area (Å²) in [5.41, 5.74) is 2.69. The number of aromatic nitrogens is 4. The van der Waals surface area contributed by atoms with Gasteiger partial charge >= 0.3 is 10.2 Å². The smallest absolute Gasteiger partial charge is 0.308 e. The van der Waals surface area contributed by atoms with Gasteiger partial charge in [-0.2, -0.15) is 17.8 Å². The predicted molar refractivity (Wildman–Crippen MR) is 129 cm³/mol. The van der Waals surface area contributed by atoms with E-state index in [9.17, 15) is 12.8 Å². The van der Waals surface area contributed by atoms with Crippen molar-refractivity contribution in [3.05, 3.63) is 78.8 Å². The lowest BCUT2D eigenvalue weighted by molar-refractivity contribution is 0.388. The normalized spacial score (nSPS) is 13.8. The van der Waals surface area contributed by atoms with E-state index in [0.717, 1.165) is 25.5 Å². The SMILES string of the molecule is C=C/C(F)=C(\C)N(Cc1nccn1S(=O)(=O)N(C)C)C(=C)N=C(C)/C=C(\C)c1cnn(C)c1. The van der Waals surface area contributed by atoms with Crippen LogP contribution in [-0.2, 0) is 23.8 Å². The molecule has 0 radical (unpaired) electrons. The van der Waals surface area contributed by atoms with Gasteiger partial charge in [-0.1, -0.05) is 13.2 Å². The van der Waals surface area contributed by atoms with Gasteiger partial charge in [0.15, 0.2) is 0 Å². The highest BCUT2D eigenvalue weighted by Crippen LogP contribution is 2.22. The Kier molecular flexibility index (Phi) is 8.29. The molecule has 0 fully saturated rings. The summed E-state index contributed by atoms with van der Waals surface area (Å²) in [6, 6.07) is 0. The van der Waals surface area contributed by atoms with Gasteiger partial charge in [-0.3, -0.25) is 4.68 Å². The first kappa shape index (κ1) is 25.9. The summed E-state index contributed by atoms with van der Waals surface area (Å²) >= 11 is 0. The maximum absolute atomic E-state index is 14.5. The molecule has 0 saturated heterocycles. The fraction of sp³-hybridized carbons (Fsp3) is 0.318. The zero-order valence-corrected chi connectivity index (χ0v) is 20.6. The van der Waals surface area contributed by atoms with Gasteiger partial charge in [0.2, 0.25) is 0 Å². The Bertz CT molecular complexity index is 1230. The largest absolute Gasteiger partial charge is 0.320 e. The molecule has 11 heteroatoms. The molecule has 178 valence electrons. The molecular weight excluding hydrogens is 445 g/mol. The molecule has 33 heavy (non-hydrogen) atoms. The van der Waals surface area contributed by atoms with E-state index in [1.807, 2.05) is 26.2 Å². The highest BCUT2D eigenvalue weighted by molar-refractivity contribution is 7.87. The number of hydrogen-bond donors (Lipinski definition) is 0. The summed E-state index contributed by atoms with van der Waals surface area (Å²) in [5, 5.41) is 4.16. The number of halogens is 1. The third kappa shape index (κ3) is 6.14. The quantitative estimate of drug-likeness (QED) is 0.388. The Balaban J connectivity index is 2.44. The molecule has 2 aromatic rings. The molecule has 0 aliphatic carbocycles. The van der Waals surface area contributed by atoms with Gasteiger partial charge in [0.05, 0.1) is 18.4 Å². The van der Waals surface area contributed by atoms with Crippen LogP contribution in [0.5, 0.6) is 0 Å². The van der Waals surface area contributed by atoms with Crippen LogP contribution in [0, 0.1) is 0 Å². The van der Waals surface area contributed by atoms with Crippen molar-refractivity contribution in [2.75, 3.05) is 14.1 Å². The Morgan fingerprint density at radius 1 is 1.30 bits per heavy atom. The first-order valence-corrected chi connectivity index (χ1v) is 11.4. The zero-order valence-electron chi connectivity index (χ0n) is 19.8. The average Bonchev–Trinajstić information content (AvgIpc) is 3.39. The summed E-state index contributed by atoms with van der Waals surface area (Å²) in [7, 11) is 0.867. The molecule has 2 heterocycles. The van der Waals surface area contributed by atoms with E-state index >= 15 is 0 Å². The van der Waals surface area contributed by atoms with Gasteiger partial charge in [0.1, 0.15) is 17.5 Å². The minimum Gasteiger partial charge on any atom is -0.320 e. The van der Waals surface area contributed by atoms with E-state index in [2.05, 4.69) is 28.2 Å². The highest BCUT2D eigenvalue weighted by Gasteiger charge is 2.23. The summed E-state index contributed by atoms with van der Waals surface area (Å²) in [4.78, 5) is 10.1. The Hall–Kier alpha value is -3.31. The molecule has 0 bridgehead atoms.